The molecule has 0 unspecified atom stereocenters. The van der Waals surface area contributed by atoms with Gasteiger partial charge in [0.25, 0.3) is 0 Å². The highest BCUT2D eigenvalue weighted by molar-refractivity contribution is 5.87. The van der Waals surface area contributed by atoms with Gasteiger partial charge in [0.2, 0.25) is 0 Å². The lowest BCUT2D eigenvalue weighted by Gasteiger charge is -2.18. The molecule has 1 aromatic rings. The Morgan fingerprint density at radius 2 is 2.07 bits per heavy atom. The van der Waals surface area contributed by atoms with Crippen molar-refractivity contribution in [2.24, 2.45) is 4.99 Å². The van der Waals surface area contributed by atoms with Gasteiger partial charge in [0, 0.05) is 17.8 Å². The van der Waals surface area contributed by atoms with Crippen molar-refractivity contribution in [2.75, 3.05) is 14.2 Å². The van der Waals surface area contributed by atoms with Gasteiger partial charge in [-0.15, -0.1) is 0 Å². The number of ether oxygens (including phenoxy) is 2. The molecule has 0 saturated carbocycles. The third kappa shape index (κ3) is 1.82. The Balaban J connectivity index is 2.52. The van der Waals surface area contributed by atoms with Crippen LogP contribution in [0.1, 0.15) is 18.1 Å². The molecule has 3 heteroatoms. The first-order valence-corrected chi connectivity index (χ1v) is 5.02. The Hall–Kier alpha value is -1.51. The van der Waals surface area contributed by atoms with Gasteiger partial charge in [-0.1, -0.05) is 0 Å². The lowest BCUT2D eigenvalue weighted by atomic mass is 9.98. The minimum Gasteiger partial charge on any atom is -0.497 e. The average Bonchev–Trinajstić information content (AvgIpc) is 2.26. The lowest BCUT2D eigenvalue weighted by molar-refractivity contribution is 0.392. The Morgan fingerprint density at radius 1 is 1.27 bits per heavy atom. The Morgan fingerprint density at radius 3 is 2.73 bits per heavy atom. The van der Waals surface area contributed by atoms with Crippen LogP contribution in [0.2, 0.25) is 0 Å². The van der Waals surface area contributed by atoms with E-state index in [1.165, 1.54) is 5.56 Å². The van der Waals surface area contributed by atoms with Gasteiger partial charge >= 0.3 is 0 Å². The second-order valence-corrected chi connectivity index (χ2v) is 3.73. The molecule has 0 bridgehead atoms. The van der Waals surface area contributed by atoms with Crippen LogP contribution in [0.25, 0.3) is 0 Å². The highest BCUT2D eigenvalue weighted by Crippen LogP contribution is 2.30. The normalized spacial score (nSPS) is 18.5. The quantitative estimate of drug-likeness (QED) is 0.740. The predicted octanol–water partition coefficient (Wildman–Crippen LogP) is 2.07. The van der Waals surface area contributed by atoms with Crippen LogP contribution >= 0.6 is 0 Å². The van der Waals surface area contributed by atoms with E-state index in [4.69, 9.17) is 9.47 Å². The summed E-state index contributed by atoms with van der Waals surface area (Å²) in [5, 5.41) is 0. The molecule has 1 atom stereocenters. The number of hydrogen-bond donors (Lipinski definition) is 0. The van der Waals surface area contributed by atoms with Crippen molar-refractivity contribution in [3.63, 3.8) is 0 Å². The second-order valence-electron chi connectivity index (χ2n) is 3.73. The molecule has 0 spiro atoms. The van der Waals surface area contributed by atoms with E-state index in [-0.39, 0.29) is 0 Å². The van der Waals surface area contributed by atoms with E-state index in [9.17, 15) is 0 Å². The van der Waals surface area contributed by atoms with Crippen LogP contribution < -0.4 is 9.47 Å². The number of aliphatic imine (C=N–C) groups is 1. The Kier molecular flexibility index (Phi) is 2.62. The van der Waals surface area contributed by atoms with Crippen LogP contribution in [0.3, 0.4) is 0 Å². The van der Waals surface area contributed by atoms with Crippen molar-refractivity contribution in [3.05, 3.63) is 23.3 Å². The summed E-state index contributed by atoms with van der Waals surface area (Å²) < 4.78 is 10.6. The predicted molar refractivity (Wildman–Crippen MR) is 60.3 cm³/mol. The highest BCUT2D eigenvalue weighted by Gasteiger charge is 2.16. The molecule has 2 rings (SSSR count). The summed E-state index contributed by atoms with van der Waals surface area (Å²) in [6.07, 6.45) is 2.83. The van der Waals surface area contributed by atoms with Crippen molar-refractivity contribution in [3.8, 4) is 11.5 Å². The number of fused-ring (bicyclic) bond motifs is 1. The van der Waals surface area contributed by atoms with Gasteiger partial charge < -0.3 is 9.47 Å². The minimum atomic E-state index is 0.342. The van der Waals surface area contributed by atoms with E-state index in [1.807, 2.05) is 12.3 Å². The summed E-state index contributed by atoms with van der Waals surface area (Å²) in [5.41, 5.74) is 2.32. The minimum absolute atomic E-state index is 0.342. The van der Waals surface area contributed by atoms with E-state index in [0.717, 1.165) is 23.5 Å². The molecule has 15 heavy (non-hydrogen) atoms. The molecule has 0 amide bonds. The number of rotatable bonds is 2. The van der Waals surface area contributed by atoms with Gasteiger partial charge in [-0.3, -0.25) is 4.99 Å². The van der Waals surface area contributed by atoms with Gasteiger partial charge in [0.05, 0.1) is 20.3 Å². The number of hydrogen-bond acceptors (Lipinski definition) is 3. The van der Waals surface area contributed by atoms with Crippen LogP contribution in [0, 0.1) is 0 Å². The zero-order chi connectivity index (χ0) is 10.8. The largest absolute Gasteiger partial charge is 0.497 e. The second kappa shape index (κ2) is 3.93. The van der Waals surface area contributed by atoms with E-state index >= 15 is 0 Å². The zero-order valence-corrected chi connectivity index (χ0v) is 9.28. The summed E-state index contributed by atoms with van der Waals surface area (Å²) in [6.45, 7) is 2.10. The van der Waals surface area contributed by atoms with Crippen LogP contribution in [0.4, 0.5) is 0 Å². The standard InChI is InChI=1S/C12H15NO2/c1-8-4-9-5-10(14-2)6-12(15-3)11(9)7-13-8/h5-8H,4H2,1-3H3/t8-/m0/s1. The number of nitrogens with zero attached hydrogens (tertiary/aromatic N) is 1. The smallest absolute Gasteiger partial charge is 0.131 e. The fourth-order valence-corrected chi connectivity index (χ4v) is 1.83. The molecule has 0 aromatic heterocycles. The van der Waals surface area contributed by atoms with E-state index in [1.54, 1.807) is 14.2 Å². The van der Waals surface area contributed by atoms with Gasteiger partial charge in [-0.2, -0.15) is 0 Å². The maximum Gasteiger partial charge on any atom is 0.131 e. The fraction of sp³-hybridized carbons (Fsp3) is 0.417. The average molecular weight is 205 g/mol. The molecule has 0 fully saturated rings. The van der Waals surface area contributed by atoms with Gasteiger partial charge in [-0.25, -0.2) is 0 Å². The molecule has 1 aliphatic heterocycles. The summed E-state index contributed by atoms with van der Waals surface area (Å²) in [4.78, 5) is 4.39. The molecule has 0 saturated heterocycles. The molecule has 0 aliphatic carbocycles. The van der Waals surface area contributed by atoms with Gasteiger partial charge in [0.1, 0.15) is 11.5 Å². The van der Waals surface area contributed by atoms with Crippen LogP contribution in [-0.2, 0) is 6.42 Å². The van der Waals surface area contributed by atoms with Crippen LogP contribution in [-0.4, -0.2) is 26.5 Å². The summed E-state index contributed by atoms with van der Waals surface area (Å²) in [6, 6.07) is 4.29. The molecule has 1 aliphatic rings. The first kappa shape index (κ1) is 10.0. The fourth-order valence-electron chi connectivity index (χ4n) is 1.83. The topological polar surface area (TPSA) is 30.8 Å². The molecule has 1 heterocycles. The number of methoxy groups -OCH3 is 2. The van der Waals surface area contributed by atoms with Crippen molar-refractivity contribution in [1.29, 1.82) is 0 Å². The molecule has 0 N–H and O–H groups in total. The highest BCUT2D eigenvalue weighted by atomic mass is 16.5. The maximum atomic E-state index is 5.32. The van der Waals surface area contributed by atoms with Crippen molar-refractivity contribution >= 4 is 6.21 Å². The van der Waals surface area contributed by atoms with Crippen molar-refractivity contribution in [2.45, 2.75) is 19.4 Å². The van der Waals surface area contributed by atoms with E-state index < -0.39 is 0 Å². The van der Waals surface area contributed by atoms with Crippen LogP contribution in [0.15, 0.2) is 17.1 Å². The Bertz CT molecular complexity index is 399. The zero-order valence-electron chi connectivity index (χ0n) is 9.28. The summed E-state index contributed by atoms with van der Waals surface area (Å²) in [5.74, 6) is 1.67. The van der Waals surface area contributed by atoms with Gasteiger partial charge in [0.15, 0.2) is 0 Å². The molecule has 1 aromatic carbocycles. The molecular formula is C12H15NO2. The third-order valence-corrected chi connectivity index (χ3v) is 2.63. The number of benzene rings is 1. The summed E-state index contributed by atoms with van der Waals surface area (Å²) >= 11 is 0. The maximum absolute atomic E-state index is 5.32. The molecule has 0 radical (unpaired) electrons. The van der Waals surface area contributed by atoms with E-state index in [2.05, 4.69) is 18.0 Å². The summed E-state index contributed by atoms with van der Waals surface area (Å²) in [7, 11) is 3.34. The first-order chi connectivity index (χ1) is 7.24. The Labute approximate surface area is 89.7 Å². The monoisotopic (exact) mass is 205 g/mol. The molecular weight excluding hydrogens is 190 g/mol. The third-order valence-electron chi connectivity index (χ3n) is 2.63. The van der Waals surface area contributed by atoms with Gasteiger partial charge in [-0.05, 0) is 25.0 Å². The van der Waals surface area contributed by atoms with Crippen molar-refractivity contribution in [1.82, 2.24) is 0 Å². The molecule has 3 nitrogen and oxygen atoms in total. The van der Waals surface area contributed by atoms with E-state index in [0.29, 0.717) is 6.04 Å². The van der Waals surface area contributed by atoms with Crippen molar-refractivity contribution < 1.29 is 9.47 Å². The lowest BCUT2D eigenvalue weighted by Crippen LogP contribution is -2.12. The molecule has 80 valence electrons. The SMILES string of the molecule is COc1cc2c(c(OC)c1)C=N[C@@H](C)C2. The van der Waals surface area contributed by atoms with Crippen LogP contribution in [0.5, 0.6) is 11.5 Å². The first-order valence-electron chi connectivity index (χ1n) is 5.02.